The van der Waals surface area contributed by atoms with Crippen molar-refractivity contribution >= 4 is 44.3 Å². The third-order valence-electron chi connectivity index (χ3n) is 3.54. The fraction of sp³-hybridized carbons (Fsp3) is 0.500. The second-order valence-electron chi connectivity index (χ2n) is 5.35. The molecule has 0 aliphatic heterocycles. The van der Waals surface area contributed by atoms with E-state index in [4.69, 9.17) is 5.73 Å². The molecular formula is C14H21BrClN3O3S. The highest BCUT2D eigenvalue weighted by atomic mass is 79.9. The summed E-state index contributed by atoms with van der Waals surface area (Å²) >= 11 is 3.23. The fourth-order valence-electron chi connectivity index (χ4n) is 2.16. The number of hydrogen-bond donors (Lipinski definition) is 3. The average molecular weight is 427 g/mol. The molecule has 0 heterocycles. The van der Waals surface area contributed by atoms with E-state index in [-0.39, 0.29) is 42.2 Å². The van der Waals surface area contributed by atoms with Crippen LogP contribution in [-0.4, -0.2) is 33.5 Å². The molecule has 2 rings (SSSR count). The van der Waals surface area contributed by atoms with Crippen LogP contribution in [0.25, 0.3) is 0 Å². The summed E-state index contributed by atoms with van der Waals surface area (Å²) in [6.45, 7) is 0.475. The first kappa shape index (κ1) is 20.4. The summed E-state index contributed by atoms with van der Waals surface area (Å²) in [5, 5.41) is 2.86. The molecule has 0 radical (unpaired) electrons. The first-order valence-corrected chi connectivity index (χ1v) is 9.44. The number of nitrogens with one attached hydrogen (secondary N) is 2. The number of hydrogen-bond acceptors (Lipinski definition) is 4. The highest BCUT2D eigenvalue weighted by molar-refractivity contribution is 9.10. The third-order valence-corrected chi connectivity index (χ3v) is 5.49. The molecule has 1 unspecified atom stereocenters. The van der Waals surface area contributed by atoms with Gasteiger partial charge in [-0.15, -0.1) is 12.4 Å². The summed E-state index contributed by atoms with van der Waals surface area (Å²) in [5.41, 5.74) is 5.62. The van der Waals surface area contributed by atoms with Gasteiger partial charge in [0.15, 0.2) is 0 Å². The van der Waals surface area contributed by atoms with E-state index in [0.29, 0.717) is 16.9 Å². The lowest BCUT2D eigenvalue weighted by atomic mass is 10.2. The second-order valence-corrected chi connectivity index (χ2v) is 8.03. The number of sulfonamides is 1. The molecule has 9 heteroatoms. The van der Waals surface area contributed by atoms with Crippen LogP contribution in [0, 0.1) is 5.92 Å². The Morgan fingerprint density at radius 2 is 2.09 bits per heavy atom. The van der Waals surface area contributed by atoms with Crippen LogP contribution in [0.5, 0.6) is 0 Å². The zero-order valence-electron chi connectivity index (χ0n) is 12.5. The maximum absolute atomic E-state index is 12.1. The molecular weight excluding hydrogens is 406 g/mol. The van der Waals surface area contributed by atoms with Crippen LogP contribution in [-0.2, 0) is 14.8 Å². The summed E-state index contributed by atoms with van der Waals surface area (Å²) in [7, 11) is -3.60. The van der Waals surface area contributed by atoms with Crippen molar-refractivity contribution in [3.05, 3.63) is 28.7 Å². The standard InChI is InChI=1S/C14H20BrN3O3S.ClH/c15-11-2-1-3-12(8-11)22(20,21)17-7-6-14(19)18-13(9-16)10-4-5-10;/h1-3,8,10,13,17H,4-7,9,16H2,(H,18,19);1H. The highest BCUT2D eigenvalue weighted by Gasteiger charge is 2.31. The third kappa shape index (κ3) is 6.39. The smallest absolute Gasteiger partial charge is 0.240 e. The number of carbonyl (C=O) groups excluding carboxylic acids is 1. The molecule has 1 amide bonds. The van der Waals surface area contributed by atoms with Crippen LogP contribution in [0.1, 0.15) is 19.3 Å². The van der Waals surface area contributed by atoms with Crippen molar-refractivity contribution in [2.45, 2.75) is 30.2 Å². The van der Waals surface area contributed by atoms with Gasteiger partial charge >= 0.3 is 0 Å². The molecule has 0 aromatic heterocycles. The molecule has 1 atom stereocenters. The lowest BCUT2D eigenvalue weighted by Gasteiger charge is -2.16. The predicted octanol–water partition coefficient (Wildman–Crippen LogP) is 1.39. The Labute approximate surface area is 151 Å². The van der Waals surface area contributed by atoms with Gasteiger partial charge in [0, 0.05) is 30.0 Å². The minimum absolute atomic E-state index is 0. The molecule has 1 aromatic rings. The summed E-state index contributed by atoms with van der Waals surface area (Å²) in [6.07, 6.45) is 2.28. The molecule has 23 heavy (non-hydrogen) atoms. The lowest BCUT2D eigenvalue weighted by molar-refractivity contribution is -0.121. The van der Waals surface area contributed by atoms with Gasteiger partial charge in [-0.2, -0.15) is 0 Å². The quantitative estimate of drug-likeness (QED) is 0.584. The van der Waals surface area contributed by atoms with Gasteiger partial charge in [-0.1, -0.05) is 22.0 Å². The van der Waals surface area contributed by atoms with E-state index in [9.17, 15) is 13.2 Å². The number of nitrogens with two attached hydrogens (primary N) is 1. The van der Waals surface area contributed by atoms with E-state index in [2.05, 4.69) is 26.0 Å². The Morgan fingerprint density at radius 1 is 1.39 bits per heavy atom. The van der Waals surface area contributed by atoms with Gasteiger partial charge in [-0.25, -0.2) is 13.1 Å². The minimum atomic E-state index is -3.60. The maximum atomic E-state index is 12.1. The number of carbonyl (C=O) groups is 1. The van der Waals surface area contributed by atoms with Gasteiger partial charge in [-0.3, -0.25) is 4.79 Å². The van der Waals surface area contributed by atoms with Crippen LogP contribution in [0.4, 0.5) is 0 Å². The Kier molecular flexibility index (Phi) is 7.96. The van der Waals surface area contributed by atoms with Gasteiger partial charge < -0.3 is 11.1 Å². The molecule has 1 aromatic carbocycles. The predicted molar refractivity (Wildman–Crippen MR) is 94.9 cm³/mol. The highest BCUT2D eigenvalue weighted by Crippen LogP contribution is 2.32. The summed E-state index contributed by atoms with van der Waals surface area (Å²) < 4.78 is 27.3. The van der Waals surface area contributed by atoms with Gasteiger partial charge in [0.05, 0.1) is 4.90 Å². The maximum Gasteiger partial charge on any atom is 0.240 e. The molecule has 1 saturated carbocycles. The molecule has 0 spiro atoms. The van der Waals surface area contributed by atoms with E-state index in [1.807, 2.05) is 0 Å². The zero-order chi connectivity index (χ0) is 16.2. The minimum Gasteiger partial charge on any atom is -0.352 e. The van der Waals surface area contributed by atoms with E-state index < -0.39 is 10.0 Å². The average Bonchev–Trinajstić information content (AvgIpc) is 3.29. The van der Waals surface area contributed by atoms with E-state index in [1.165, 1.54) is 12.1 Å². The van der Waals surface area contributed by atoms with Crippen LogP contribution in [0.3, 0.4) is 0 Å². The molecule has 130 valence electrons. The summed E-state index contributed by atoms with van der Waals surface area (Å²) in [6, 6.07) is 6.42. The van der Waals surface area contributed by atoms with Crippen molar-refractivity contribution in [3.8, 4) is 0 Å². The molecule has 1 fully saturated rings. The summed E-state index contributed by atoms with van der Waals surface area (Å²) in [4.78, 5) is 12.0. The second kappa shape index (κ2) is 8.98. The zero-order valence-corrected chi connectivity index (χ0v) is 15.7. The van der Waals surface area contributed by atoms with Crippen molar-refractivity contribution in [2.24, 2.45) is 11.7 Å². The monoisotopic (exact) mass is 425 g/mol. The fourth-order valence-corrected chi connectivity index (χ4v) is 3.79. The lowest BCUT2D eigenvalue weighted by Crippen LogP contribution is -2.42. The first-order chi connectivity index (χ1) is 10.4. The van der Waals surface area contributed by atoms with Gasteiger partial charge in [0.2, 0.25) is 15.9 Å². The van der Waals surface area contributed by atoms with Crippen LogP contribution in [0.15, 0.2) is 33.6 Å². The number of amides is 1. The molecule has 1 aliphatic carbocycles. The van der Waals surface area contributed by atoms with E-state index in [0.717, 1.165) is 12.8 Å². The number of rotatable bonds is 8. The van der Waals surface area contributed by atoms with E-state index in [1.54, 1.807) is 12.1 Å². The Morgan fingerprint density at radius 3 is 2.65 bits per heavy atom. The topological polar surface area (TPSA) is 101 Å². The molecule has 0 bridgehead atoms. The van der Waals surface area contributed by atoms with Crippen LogP contribution in [0.2, 0.25) is 0 Å². The molecule has 1 aliphatic rings. The Hall–Kier alpha value is -0.670. The van der Waals surface area contributed by atoms with Gasteiger partial charge in [0.1, 0.15) is 0 Å². The van der Waals surface area contributed by atoms with Crippen molar-refractivity contribution in [1.29, 1.82) is 0 Å². The van der Waals surface area contributed by atoms with Crippen molar-refractivity contribution in [2.75, 3.05) is 13.1 Å². The number of halogens is 2. The van der Waals surface area contributed by atoms with Crippen molar-refractivity contribution in [1.82, 2.24) is 10.0 Å². The van der Waals surface area contributed by atoms with Crippen molar-refractivity contribution in [3.63, 3.8) is 0 Å². The largest absolute Gasteiger partial charge is 0.352 e. The van der Waals surface area contributed by atoms with E-state index >= 15 is 0 Å². The summed E-state index contributed by atoms with van der Waals surface area (Å²) in [5.74, 6) is 0.298. The van der Waals surface area contributed by atoms with Gasteiger partial charge in [-0.05, 0) is 37.0 Å². The Bertz CT molecular complexity index is 638. The van der Waals surface area contributed by atoms with Crippen molar-refractivity contribution < 1.29 is 13.2 Å². The van der Waals surface area contributed by atoms with Gasteiger partial charge in [0.25, 0.3) is 0 Å². The number of benzene rings is 1. The molecule has 4 N–H and O–H groups in total. The SMILES string of the molecule is Cl.NCC(NC(=O)CCNS(=O)(=O)c1cccc(Br)c1)C1CC1. The molecule has 0 saturated heterocycles. The normalized spacial score (nSPS) is 15.6. The first-order valence-electron chi connectivity index (χ1n) is 7.17. The van der Waals surface area contributed by atoms with Crippen LogP contribution >= 0.6 is 28.3 Å². The van der Waals surface area contributed by atoms with Crippen LogP contribution < -0.4 is 15.8 Å². The Balaban J connectivity index is 0.00000264. The molecule has 6 nitrogen and oxygen atoms in total.